The van der Waals surface area contributed by atoms with E-state index in [9.17, 15) is 28.8 Å². The lowest BCUT2D eigenvalue weighted by Gasteiger charge is -2.18. The third-order valence-corrected chi connectivity index (χ3v) is 15.0. The summed E-state index contributed by atoms with van der Waals surface area (Å²) in [5.41, 5.74) is 4.22. The second kappa shape index (κ2) is 44.7. The molecule has 0 fully saturated rings. The number of ether oxygens (including phenoxy) is 6. The summed E-state index contributed by atoms with van der Waals surface area (Å²) >= 11 is 0. The van der Waals surface area contributed by atoms with Gasteiger partial charge in [-0.3, -0.25) is 0 Å². The van der Waals surface area contributed by atoms with Gasteiger partial charge in [0.2, 0.25) is 0 Å². The Kier molecular flexibility index (Phi) is 35.9. The van der Waals surface area contributed by atoms with Crippen LogP contribution in [0.25, 0.3) is 21.5 Å². The lowest BCUT2D eigenvalue weighted by molar-refractivity contribution is 0.136. The molecule has 5 aromatic carbocycles. The Morgan fingerprint density at radius 2 is 0.552 bits per heavy atom. The molecule has 0 aliphatic heterocycles. The highest BCUT2D eigenvalue weighted by Gasteiger charge is 2.18. The Morgan fingerprint density at radius 3 is 0.862 bits per heavy atom. The van der Waals surface area contributed by atoms with Crippen molar-refractivity contribution in [2.45, 2.75) is 174 Å². The van der Waals surface area contributed by atoms with Gasteiger partial charge in [0.15, 0.2) is 0 Å². The number of carbonyl (C=O) groups excluding carboxylic acids is 6. The number of carbonyl (C=O) groups is 6. The van der Waals surface area contributed by atoms with Gasteiger partial charge >= 0.3 is 36.6 Å². The summed E-state index contributed by atoms with van der Waals surface area (Å²) in [4.78, 5) is 73.8. The molecule has 6 N–H and O–H groups in total. The zero-order valence-corrected chi connectivity index (χ0v) is 51.6. The summed E-state index contributed by atoms with van der Waals surface area (Å²) < 4.78 is 32.6. The molecular formula is C69H98N6O12. The summed E-state index contributed by atoms with van der Waals surface area (Å²) in [6.45, 7) is 6.51. The van der Waals surface area contributed by atoms with Gasteiger partial charge in [-0.1, -0.05) is 193 Å². The first-order valence-corrected chi connectivity index (χ1v) is 32.2. The minimum absolute atomic E-state index is 0.0259. The van der Waals surface area contributed by atoms with E-state index in [1.165, 1.54) is 24.0 Å². The lowest BCUT2D eigenvalue weighted by Crippen LogP contribution is -2.27. The zero-order chi connectivity index (χ0) is 61.6. The number of amides is 6. The Labute approximate surface area is 516 Å². The molecule has 0 atom stereocenters. The molecule has 0 spiro atoms. The Morgan fingerprint density at radius 1 is 0.299 bits per heavy atom. The van der Waals surface area contributed by atoms with E-state index in [1.807, 2.05) is 60.7 Å². The lowest BCUT2D eigenvalue weighted by atomic mass is 9.88. The molecule has 6 amide bonds. The molecule has 0 aliphatic carbocycles. The standard InChI is InChI=1S/C69H98N6O12/c1-2-3-49-82-64(76)70-43-27-13-9-10-14-28-45-72-66(78)84-51-32-30-48-75-69(81)87-54-63-60-40-23-21-38-58(60)62(59-39-22-24-41-61(59)63)53-86-68(80)74-47-29-31-50-83-65(77)71-44-25-11-7-5-4-6-8-12-26-46-73-67(79)85-52-33-42-57(55-34-17-15-18-35-55)56-36-19-16-20-37-56/h15-24,34-41,57H,2-14,25-33,42-54H2,1H3,(H,70,76)(H,71,77)(H,72,78)(H,73,79)(H,74,80)(H,75,81). The molecule has 18 nitrogen and oxygen atoms in total. The molecular weight excluding hydrogens is 1100 g/mol. The Hall–Kier alpha value is -7.76. The molecule has 0 heterocycles. The van der Waals surface area contributed by atoms with Crippen LogP contribution < -0.4 is 31.9 Å². The van der Waals surface area contributed by atoms with Gasteiger partial charge in [-0.05, 0) is 103 Å². The number of unbranched alkanes of at least 4 members (excludes halogenated alkanes) is 16. The predicted octanol–water partition coefficient (Wildman–Crippen LogP) is 15.2. The summed E-state index contributed by atoms with van der Waals surface area (Å²) in [5.74, 6) is 0.272. The summed E-state index contributed by atoms with van der Waals surface area (Å²) in [6, 6.07) is 36.5. The number of nitrogens with one attached hydrogen (secondary N) is 6. The highest BCUT2D eigenvalue weighted by Crippen LogP contribution is 2.34. The first-order chi connectivity index (χ1) is 42.7. The van der Waals surface area contributed by atoms with Crippen molar-refractivity contribution in [3.63, 3.8) is 0 Å². The number of hydrogen-bond donors (Lipinski definition) is 6. The minimum atomic E-state index is -0.556. The number of fused-ring (bicyclic) bond motifs is 2. The maximum Gasteiger partial charge on any atom is 0.407 e. The molecule has 0 unspecified atom stereocenters. The van der Waals surface area contributed by atoms with E-state index in [2.05, 4.69) is 87.4 Å². The third-order valence-electron chi connectivity index (χ3n) is 15.0. The highest BCUT2D eigenvalue weighted by atomic mass is 16.6. The van der Waals surface area contributed by atoms with Gasteiger partial charge in [-0.25, -0.2) is 28.8 Å². The van der Waals surface area contributed by atoms with Crippen LogP contribution in [0.3, 0.4) is 0 Å². The van der Waals surface area contributed by atoms with Crippen LogP contribution in [-0.4, -0.2) is 102 Å². The van der Waals surface area contributed by atoms with E-state index in [0.29, 0.717) is 78.2 Å². The number of hydrogen-bond acceptors (Lipinski definition) is 12. The second-order valence-corrected chi connectivity index (χ2v) is 21.9. The Balaban J connectivity index is 0.817. The summed E-state index contributed by atoms with van der Waals surface area (Å²) in [5, 5.41) is 20.4. The smallest absolute Gasteiger partial charge is 0.407 e. The van der Waals surface area contributed by atoms with Gasteiger partial charge in [0.25, 0.3) is 0 Å². The van der Waals surface area contributed by atoms with E-state index < -0.39 is 24.4 Å². The van der Waals surface area contributed by atoms with E-state index in [0.717, 1.165) is 142 Å². The van der Waals surface area contributed by atoms with Crippen LogP contribution in [0.1, 0.15) is 183 Å². The summed E-state index contributed by atoms with van der Waals surface area (Å²) in [7, 11) is 0. The first-order valence-electron chi connectivity index (χ1n) is 32.2. The molecule has 0 saturated carbocycles. The van der Waals surface area contributed by atoms with Gasteiger partial charge in [0.05, 0.1) is 26.4 Å². The molecule has 18 heteroatoms. The average Bonchev–Trinajstić information content (AvgIpc) is 1.43. The minimum Gasteiger partial charge on any atom is -0.450 e. The van der Waals surface area contributed by atoms with Gasteiger partial charge in [-0.15, -0.1) is 0 Å². The quantitative estimate of drug-likeness (QED) is 0.0122. The van der Waals surface area contributed by atoms with E-state index in [-0.39, 0.29) is 44.5 Å². The monoisotopic (exact) mass is 1200 g/mol. The van der Waals surface area contributed by atoms with Crippen molar-refractivity contribution in [1.29, 1.82) is 0 Å². The molecule has 0 aromatic heterocycles. The molecule has 0 aliphatic rings. The van der Waals surface area contributed by atoms with Crippen LogP contribution in [0.4, 0.5) is 28.8 Å². The van der Waals surface area contributed by atoms with Crippen LogP contribution in [0.5, 0.6) is 0 Å². The van der Waals surface area contributed by atoms with Crippen molar-refractivity contribution in [3.05, 3.63) is 131 Å². The zero-order valence-electron chi connectivity index (χ0n) is 51.6. The van der Waals surface area contributed by atoms with Crippen molar-refractivity contribution in [2.24, 2.45) is 0 Å². The van der Waals surface area contributed by atoms with Crippen molar-refractivity contribution in [2.75, 3.05) is 65.7 Å². The molecule has 0 saturated heterocycles. The van der Waals surface area contributed by atoms with Crippen molar-refractivity contribution in [1.82, 2.24) is 31.9 Å². The fourth-order valence-corrected chi connectivity index (χ4v) is 10.2. The van der Waals surface area contributed by atoms with Crippen LogP contribution in [0.2, 0.25) is 0 Å². The van der Waals surface area contributed by atoms with E-state index >= 15 is 0 Å². The predicted molar refractivity (Wildman–Crippen MR) is 342 cm³/mol. The van der Waals surface area contributed by atoms with Crippen molar-refractivity contribution < 1.29 is 57.2 Å². The van der Waals surface area contributed by atoms with Gasteiger partial charge in [0, 0.05) is 56.3 Å². The van der Waals surface area contributed by atoms with E-state index in [4.69, 9.17) is 28.4 Å². The van der Waals surface area contributed by atoms with Crippen LogP contribution >= 0.6 is 0 Å². The molecule has 0 bridgehead atoms. The topological polar surface area (TPSA) is 230 Å². The largest absolute Gasteiger partial charge is 0.450 e. The average molecular weight is 1200 g/mol. The molecule has 0 radical (unpaired) electrons. The van der Waals surface area contributed by atoms with Crippen molar-refractivity contribution in [3.8, 4) is 0 Å². The third kappa shape index (κ3) is 29.9. The number of rotatable bonds is 44. The van der Waals surface area contributed by atoms with Crippen LogP contribution in [-0.2, 0) is 41.6 Å². The molecule has 476 valence electrons. The SMILES string of the molecule is CCCCOC(=O)NCCCCCCCCNC(=O)OCCCCNC(=O)OCc1c2ccccc2c(COC(=O)NCCCCOC(=O)NCCCCCCCCCCCNC(=O)OCCCC(c2ccccc2)c2ccccc2)c2ccccc12. The van der Waals surface area contributed by atoms with Crippen LogP contribution in [0.15, 0.2) is 109 Å². The fraction of sp³-hybridized carbons (Fsp3) is 0.536. The second-order valence-electron chi connectivity index (χ2n) is 21.9. The van der Waals surface area contributed by atoms with Crippen LogP contribution in [0, 0.1) is 0 Å². The maximum atomic E-state index is 12.8. The molecule has 5 rings (SSSR count). The van der Waals surface area contributed by atoms with Gasteiger partial charge in [0.1, 0.15) is 13.2 Å². The normalized spacial score (nSPS) is 11.0. The molecule has 87 heavy (non-hydrogen) atoms. The number of benzene rings is 5. The first kappa shape index (κ1) is 70.0. The molecule has 5 aromatic rings. The van der Waals surface area contributed by atoms with Crippen molar-refractivity contribution >= 4 is 58.1 Å². The highest BCUT2D eigenvalue weighted by molar-refractivity contribution is 6.05. The number of alkyl carbamates (subject to hydrolysis) is 6. The summed E-state index contributed by atoms with van der Waals surface area (Å²) in [6.07, 6.45) is 18.8. The maximum absolute atomic E-state index is 12.8. The fourth-order valence-electron chi connectivity index (χ4n) is 10.2. The van der Waals surface area contributed by atoms with Gasteiger partial charge in [-0.2, -0.15) is 0 Å². The van der Waals surface area contributed by atoms with E-state index in [1.54, 1.807) is 0 Å². The van der Waals surface area contributed by atoms with Gasteiger partial charge < -0.3 is 60.3 Å². The Bertz CT molecular complexity index is 2640.